The van der Waals surface area contributed by atoms with Crippen LogP contribution < -0.4 is 19.6 Å². The second-order valence-electron chi connectivity index (χ2n) is 6.02. The maximum atomic E-state index is 12.1. The number of fused-ring (bicyclic) bond motifs is 1. The van der Waals surface area contributed by atoms with E-state index in [2.05, 4.69) is 26.5 Å². The highest BCUT2D eigenvalue weighted by molar-refractivity contribution is 9.10. The molecule has 0 aliphatic carbocycles. The standard InChI is InChI=1S/C22H21BrN2O4/c1-3-28-19-11-9-17(27-2)12-16(19)13-24-25-21(26)14-29-20-10-8-15-6-4-5-7-18(15)22(20)23/h4-13H,3,14H2,1-2H3,(H,25,26)/b24-13-. The van der Waals surface area contributed by atoms with Crippen molar-refractivity contribution >= 4 is 38.8 Å². The summed E-state index contributed by atoms with van der Waals surface area (Å²) in [6.07, 6.45) is 1.51. The number of carbonyl (C=O) groups excluding carboxylic acids is 1. The Morgan fingerprint density at radius 3 is 2.69 bits per heavy atom. The first-order valence-corrected chi connectivity index (χ1v) is 9.84. The number of nitrogens with zero attached hydrogens (tertiary/aromatic N) is 1. The van der Waals surface area contributed by atoms with Crippen molar-refractivity contribution in [2.45, 2.75) is 6.92 Å². The number of halogens is 1. The smallest absolute Gasteiger partial charge is 0.277 e. The summed E-state index contributed by atoms with van der Waals surface area (Å²) in [5.41, 5.74) is 3.16. The minimum Gasteiger partial charge on any atom is -0.497 e. The summed E-state index contributed by atoms with van der Waals surface area (Å²) >= 11 is 3.54. The SMILES string of the molecule is CCOc1ccc(OC)cc1/C=N\NC(=O)COc1ccc2ccccc2c1Br. The molecule has 0 saturated carbocycles. The van der Waals surface area contributed by atoms with Gasteiger partial charge in [-0.2, -0.15) is 5.10 Å². The maximum absolute atomic E-state index is 12.1. The fraction of sp³-hybridized carbons (Fsp3) is 0.182. The average Bonchev–Trinajstić information content (AvgIpc) is 2.74. The molecule has 0 fully saturated rings. The van der Waals surface area contributed by atoms with Crippen LogP contribution in [0.5, 0.6) is 17.2 Å². The lowest BCUT2D eigenvalue weighted by Crippen LogP contribution is -2.24. The molecule has 0 aliphatic heterocycles. The Kier molecular flexibility index (Phi) is 7.08. The number of carbonyl (C=O) groups is 1. The molecule has 150 valence electrons. The fourth-order valence-electron chi connectivity index (χ4n) is 2.72. The van der Waals surface area contributed by atoms with Gasteiger partial charge in [0.25, 0.3) is 5.91 Å². The lowest BCUT2D eigenvalue weighted by atomic mass is 10.1. The molecule has 7 heteroatoms. The lowest BCUT2D eigenvalue weighted by molar-refractivity contribution is -0.123. The molecular weight excluding hydrogens is 436 g/mol. The number of methoxy groups -OCH3 is 1. The molecule has 0 aromatic heterocycles. The van der Waals surface area contributed by atoms with E-state index >= 15 is 0 Å². The summed E-state index contributed by atoms with van der Waals surface area (Å²) in [4.78, 5) is 12.1. The van der Waals surface area contributed by atoms with E-state index in [1.807, 2.05) is 43.3 Å². The highest BCUT2D eigenvalue weighted by Crippen LogP contribution is 2.32. The van der Waals surface area contributed by atoms with E-state index in [4.69, 9.17) is 14.2 Å². The predicted molar refractivity (Wildman–Crippen MR) is 117 cm³/mol. The van der Waals surface area contributed by atoms with Gasteiger partial charge < -0.3 is 14.2 Å². The third-order valence-electron chi connectivity index (χ3n) is 4.10. The molecule has 1 amide bonds. The maximum Gasteiger partial charge on any atom is 0.277 e. The van der Waals surface area contributed by atoms with Crippen LogP contribution >= 0.6 is 15.9 Å². The number of nitrogens with one attached hydrogen (secondary N) is 1. The van der Waals surface area contributed by atoms with Gasteiger partial charge in [-0.15, -0.1) is 0 Å². The Bertz CT molecular complexity index is 1040. The number of amides is 1. The summed E-state index contributed by atoms with van der Waals surface area (Å²) in [5, 5.41) is 6.10. The van der Waals surface area contributed by atoms with Crippen LogP contribution in [0.4, 0.5) is 0 Å². The van der Waals surface area contributed by atoms with Crippen LogP contribution in [0, 0.1) is 0 Å². The van der Waals surface area contributed by atoms with Gasteiger partial charge >= 0.3 is 0 Å². The minimum atomic E-state index is -0.373. The van der Waals surface area contributed by atoms with Gasteiger partial charge in [-0.25, -0.2) is 5.43 Å². The number of hydrogen-bond donors (Lipinski definition) is 1. The highest BCUT2D eigenvalue weighted by atomic mass is 79.9. The summed E-state index contributed by atoms with van der Waals surface area (Å²) in [5.74, 6) is 1.55. The van der Waals surface area contributed by atoms with Crippen molar-refractivity contribution in [2.24, 2.45) is 5.10 Å². The second kappa shape index (κ2) is 9.93. The summed E-state index contributed by atoms with van der Waals surface area (Å²) in [7, 11) is 1.58. The van der Waals surface area contributed by atoms with Crippen LogP contribution in [0.25, 0.3) is 10.8 Å². The number of ether oxygens (including phenoxy) is 3. The summed E-state index contributed by atoms with van der Waals surface area (Å²) < 4.78 is 17.2. The van der Waals surface area contributed by atoms with Crippen molar-refractivity contribution < 1.29 is 19.0 Å². The van der Waals surface area contributed by atoms with Gasteiger partial charge in [-0.05, 0) is 57.9 Å². The van der Waals surface area contributed by atoms with Gasteiger partial charge in [-0.3, -0.25) is 4.79 Å². The lowest BCUT2D eigenvalue weighted by Gasteiger charge is -2.10. The summed E-state index contributed by atoms with van der Waals surface area (Å²) in [6, 6.07) is 17.1. The highest BCUT2D eigenvalue weighted by Gasteiger charge is 2.08. The molecule has 0 atom stereocenters. The van der Waals surface area contributed by atoms with Crippen LogP contribution in [0.2, 0.25) is 0 Å². The molecule has 3 aromatic carbocycles. The van der Waals surface area contributed by atoms with Gasteiger partial charge in [0.2, 0.25) is 0 Å². The number of hydrogen-bond acceptors (Lipinski definition) is 5. The third-order valence-corrected chi connectivity index (χ3v) is 4.91. The van der Waals surface area contributed by atoms with E-state index in [1.165, 1.54) is 6.21 Å². The molecule has 6 nitrogen and oxygen atoms in total. The van der Waals surface area contributed by atoms with Crippen molar-refractivity contribution in [1.29, 1.82) is 0 Å². The average molecular weight is 457 g/mol. The first-order valence-electron chi connectivity index (χ1n) is 9.05. The van der Waals surface area contributed by atoms with Gasteiger partial charge in [0.1, 0.15) is 17.2 Å². The van der Waals surface area contributed by atoms with Crippen LogP contribution in [0.1, 0.15) is 12.5 Å². The second-order valence-corrected chi connectivity index (χ2v) is 6.81. The minimum absolute atomic E-state index is 0.162. The number of hydrazone groups is 1. The third kappa shape index (κ3) is 5.26. The Morgan fingerprint density at radius 1 is 1.10 bits per heavy atom. The van der Waals surface area contributed by atoms with Crippen LogP contribution in [-0.4, -0.2) is 32.4 Å². The van der Waals surface area contributed by atoms with Crippen molar-refractivity contribution in [3.05, 3.63) is 64.6 Å². The Morgan fingerprint density at radius 2 is 1.90 bits per heavy atom. The van der Waals surface area contributed by atoms with Crippen LogP contribution in [-0.2, 0) is 4.79 Å². The molecule has 0 unspecified atom stereocenters. The molecule has 0 spiro atoms. The van der Waals surface area contributed by atoms with Crippen LogP contribution in [0.3, 0.4) is 0 Å². The molecule has 3 aromatic rings. The fourth-order valence-corrected chi connectivity index (χ4v) is 3.32. The number of rotatable bonds is 8. The largest absolute Gasteiger partial charge is 0.497 e. The molecule has 29 heavy (non-hydrogen) atoms. The van der Waals surface area contributed by atoms with Crippen molar-refractivity contribution in [2.75, 3.05) is 20.3 Å². The molecule has 0 aliphatic rings. The zero-order valence-electron chi connectivity index (χ0n) is 16.1. The summed E-state index contributed by atoms with van der Waals surface area (Å²) in [6.45, 7) is 2.26. The Labute approximate surface area is 177 Å². The van der Waals surface area contributed by atoms with Crippen LogP contribution in [0.15, 0.2) is 64.2 Å². The van der Waals surface area contributed by atoms with Gasteiger partial charge in [0, 0.05) is 5.56 Å². The zero-order chi connectivity index (χ0) is 20.6. The molecule has 1 N–H and O–H groups in total. The molecule has 0 saturated heterocycles. The number of benzene rings is 3. The molecular formula is C22H21BrN2O4. The topological polar surface area (TPSA) is 69.2 Å². The van der Waals surface area contributed by atoms with E-state index in [9.17, 15) is 4.79 Å². The normalized spacial score (nSPS) is 10.9. The molecule has 0 radical (unpaired) electrons. The Balaban J connectivity index is 1.61. The monoisotopic (exact) mass is 456 g/mol. The van der Waals surface area contributed by atoms with E-state index in [1.54, 1.807) is 25.3 Å². The van der Waals surface area contributed by atoms with Crippen molar-refractivity contribution in [3.63, 3.8) is 0 Å². The molecule has 3 rings (SSSR count). The van der Waals surface area contributed by atoms with E-state index in [0.29, 0.717) is 29.4 Å². The zero-order valence-corrected chi connectivity index (χ0v) is 17.7. The van der Waals surface area contributed by atoms with Gasteiger partial charge in [-0.1, -0.05) is 30.3 Å². The quantitative estimate of drug-likeness (QED) is 0.399. The van der Waals surface area contributed by atoms with Gasteiger partial charge in [0.05, 0.1) is 24.4 Å². The van der Waals surface area contributed by atoms with Crippen molar-refractivity contribution in [3.8, 4) is 17.2 Å². The van der Waals surface area contributed by atoms with Gasteiger partial charge in [0.15, 0.2) is 6.61 Å². The Hall–Kier alpha value is -3.06. The first-order chi connectivity index (χ1) is 14.1. The van der Waals surface area contributed by atoms with Crippen molar-refractivity contribution in [1.82, 2.24) is 5.43 Å². The molecule has 0 heterocycles. The molecule has 0 bridgehead atoms. The first kappa shape index (κ1) is 20.7. The van der Waals surface area contributed by atoms with E-state index in [-0.39, 0.29) is 12.5 Å². The van der Waals surface area contributed by atoms with E-state index in [0.717, 1.165) is 15.2 Å². The van der Waals surface area contributed by atoms with E-state index < -0.39 is 0 Å². The predicted octanol–water partition coefficient (Wildman–Crippen LogP) is 4.54.